The zero-order chi connectivity index (χ0) is 20.5. The number of fused-ring (bicyclic) bond motifs is 1. The van der Waals surface area contributed by atoms with Crippen molar-refractivity contribution in [3.05, 3.63) is 59.2 Å². The number of carbonyl (C=O) groups is 1. The third kappa shape index (κ3) is 3.49. The molecule has 0 saturated carbocycles. The minimum atomic E-state index is -1.14. The van der Waals surface area contributed by atoms with Gasteiger partial charge >= 0.3 is 5.97 Å². The molecule has 1 aliphatic heterocycles. The minimum Gasteiger partial charge on any atom is -0.461 e. The molecule has 3 aromatic rings. The highest BCUT2D eigenvalue weighted by atomic mass is 19.1. The van der Waals surface area contributed by atoms with Crippen LogP contribution in [0.4, 0.5) is 14.6 Å². The first-order valence-electron chi connectivity index (χ1n) is 9.13. The Labute approximate surface area is 165 Å². The van der Waals surface area contributed by atoms with E-state index in [1.165, 1.54) is 16.8 Å². The second kappa shape index (κ2) is 7.47. The van der Waals surface area contributed by atoms with Gasteiger partial charge in [-0.25, -0.2) is 23.1 Å². The number of rotatable bonds is 4. The number of alkyl halides is 1. The summed E-state index contributed by atoms with van der Waals surface area (Å²) in [7, 11) is 0. The average molecular weight is 397 g/mol. The molecule has 0 radical (unpaired) electrons. The van der Waals surface area contributed by atoms with Crippen molar-refractivity contribution >= 4 is 17.4 Å². The molecule has 1 aromatic carbocycles. The Morgan fingerprint density at radius 3 is 2.97 bits per heavy atom. The number of hydrogen-bond acceptors (Lipinski definition) is 6. The van der Waals surface area contributed by atoms with E-state index in [1.807, 2.05) is 6.07 Å². The van der Waals surface area contributed by atoms with Gasteiger partial charge in [-0.15, -0.1) is 5.10 Å². The monoisotopic (exact) mass is 397 g/mol. The highest BCUT2D eigenvalue weighted by Crippen LogP contribution is 2.37. The number of halogens is 2. The third-order valence-corrected chi connectivity index (χ3v) is 4.81. The molecule has 7 nitrogen and oxygen atoms in total. The lowest BCUT2D eigenvalue weighted by molar-refractivity contribution is 0.0516. The van der Waals surface area contributed by atoms with E-state index in [0.717, 1.165) is 6.07 Å². The number of anilines is 1. The molecule has 2 aromatic heterocycles. The maximum atomic E-state index is 14.3. The highest BCUT2D eigenvalue weighted by molar-refractivity contribution is 5.88. The Morgan fingerprint density at radius 2 is 2.21 bits per heavy atom. The summed E-state index contributed by atoms with van der Waals surface area (Å²) < 4.78 is 34.6. The number of aromatic nitrogens is 3. The number of carbonyl (C=O) groups excluding carboxylic acids is 1. The minimum absolute atomic E-state index is 0.0605. The summed E-state index contributed by atoms with van der Waals surface area (Å²) in [6.07, 6.45) is 0.372. The highest BCUT2D eigenvalue weighted by Gasteiger charge is 2.35. The summed E-state index contributed by atoms with van der Waals surface area (Å²) in [4.78, 5) is 18.0. The van der Waals surface area contributed by atoms with Crippen LogP contribution in [0.15, 0.2) is 36.5 Å². The average Bonchev–Trinajstić information content (AvgIpc) is 3.30. The van der Waals surface area contributed by atoms with Crippen molar-refractivity contribution < 1.29 is 18.3 Å². The van der Waals surface area contributed by atoms with Crippen LogP contribution >= 0.6 is 0 Å². The summed E-state index contributed by atoms with van der Waals surface area (Å²) in [5, 5.41) is 13.6. The van der Waals surface area contributed by atoms with Crippen molar-refractivity contribution in [1.29, 1.82) is 5.26 Å². The molecule has 0 unspecified atom stereocenters. The molecule has 1 saturated heterocycles. The second-order valence-electron chi connectivity index (χ2n) is 6.71. The summed E-state index contributed by atoms with van der Waals surface area (Å²) in [5.74, 6) is -0.701. The van der Waals surface area contributed by atoms with E-state index in [1.54, 1.807) is 30.0 Å². The summed E-state index contributed by atoms with van der Waals surface area (Å²) in [5.41, 5.74) is 1.28. The van der Waals surface area contributed by atoms with Gasteiger partial charge in [0.05, 0.1) is 37.0 Å². The van der Waals surface area contributed by atoms with Gasteiger partial charge in [0.2, 0.25) is 0 Å². The fraction of sp³-hybridized carbons (Fsp3) is 0.300. The van der Waals surface area contributed by atoms with Gasteiger partial charge in [-0.1, -0.05) is 0 Å². The molecule has 0 N–H and O–H groups in total. The van der Waals surface area contributed by atoms with Crippen LogP contribution in [0.3, 0.4) is 0 Å². The van der Waals surface area contributed by atoms with Gasteiger partial charge in [-0.3, -0.25) is 0 Å². The molecule has 1 fully saturated rings. The number of hydrogen-bond donors (Lipinski definition) is 0. The van der Waals surface area contributed by atoms with Gasteiger partial charge in [0.15, 0.2) is 11.3 Å². The Bertz CT molecular complexity index is 1120. The predicted octanol–water partition coefficient (Wildman–Crippen LogP) is 3.21. The first-order chi connectivity index (χ1) is 14.0. The fourth-order valence-electron chi connectivity index (χ4n) is 3.58. The maximum Gasteiger partial charge on any atom is 0.358 e. The van der Waals surface area contributed by atoms with Gasteiger partial charge in [0.25, 0.3) is 0 Å². The molecule has 4 rings (SSSR count). The van der Waals surface area contributed by atoms with Crippen molar-refractivity contribution in [3.8, 4) is 6.07 Å². The lowest BCUT2D eigenvalue weighted by Gasteiger charge is -2.25. The van der Waals surface area contributed by atoms with Crippen molar-refractivity contribution in [3.63, 3.8) is 0 Å². The van der Waals surface area contributed by atoms with Crippen molar-refractivity contribution in [2.45, 2.75) is 25.6 Å². The summed E-state index contributed by atoms with van der Waals surface area (Å²) in [6, 6.07) is 8.76. The first kappa shape index (κ1) is 18.8. The molecule has 0 bridgehead atoms. The van der Waals surface area contributed by atoms with Gasteiger partial charge in [-0.05, 0) is 42.8 Å². The van der Waals surface area contributed by atoms with Crippen molar-refractivity contribution in [2.24, 2.45) is 0 Å². The number of ether oxygens (including phenoxy) is 1. The maximum absolute atomic E-state index is 14.3. The number of benzene rings is 1. The molecule has 9 heteroatoms. The van der Waals surface area contributed by atoms with Crippen LogP contribution in [0.1, 0.15) is 41.0 Å². The predicted molar refractivity (Wildman–Crippen MR) is 99.7 cm³/mol. The Hall–Kier alpha value is -3.54. The number of nitriles is 1. The first-order valence-corrected chi connectivity index (χ1v) is 9.13. The van der Waals surface area contributed by atoms with Gasteiger partial charge in [-0.2, -0.15) is 5.26 Å². The van der Waals surface area contributed by atoms with E-state index in [4.69, 9.17) is 10.00 Å². The van der Waals surface area contributed by atoms with E-state index in [9.17, 15) is 13.6 Å². The SMILES string of the molecule is CCOC(=O)c1cnc2ccc(N3C[C@@H](F)C[C@@H]3c3cc(F)cc(C#N)c3)nn12. The number of esters is 1. The zero-order valence-electron chi connectivity index (χ0n) is 15.5. The molecular weight excluding hydrogens is 380 g/mol. The van der Waals surface area contributed by atoms with Crippen LogP contribution in [-0.4, -0.2) is 39.9 Å². The van der Waals surface area contributed by atoms with E-state index < -0.39 is 24.0 Å². The van der Waals surface area contributed by atoms with Crippen LogP contribution in [0.5, 0.6) is 0 Å². The van der Waals surface area contributed by atoms with Gasteiger partial charge in [0, 0.05) is 6.42 Å². The van der Waals surface area contributed by atoms with Crippen LogP contribution in [0, 0.1) is 17.1 Å². The topological polar surface area (TPSA) is 83.5 Å². The van der Waals surface area contributed by atoms with Crippen LogP contribution in [0.25, 0.3) is 5.65 Å². The normalized spacial score (nSPS) is 18.8. The molecule has 0 amide bonds. The standard InChI is InChI=1S/C20H17F2N5O2/c1-2-29-20(28)17-10-24-18-3-4-19(25-27(17)18)26-11-15(22)8-16(26)13-5-12(9-23)6-14(21)7-13/h3-7,10,15-16H,2,8,11H2,1H3/t15-,16+/m0/s1. The summed E-state index contributed by atoms with van der Waals surface area (Å²) in [6.45, 7) is 1.97. The quantitative estimate of drug-likeness (QED) is 0.629. The van der Waals surface area contributed by atoms with E-state index >= 15 is 0 Å². The van der Waals surface area contributed by atoms with E-state index in [0.29, 0.717) is 17.0 Å². The lowest BCUT2D eigenvalue weighted by Crippen LogP contribution is -2.25. The molecule has 0 spiro atoms. The van der Waals surface area contributed by atoms with Crippen molar-refractivity contribution in [1.82, 2.24) is 14.6 Å². The lowest BCUT2D eigenvalue weighted by atomic mass is 10.0. The molecule has 29 heavy (non-hydrogen) atoms. The Morgan fingerprint density at radius 1 is 1.38 bits per heavy atom. The summed E-state index contributed by atoms with van der Waals surface area (Å²) >= 11 is 0. The smallest absolute Gasteiger partial charge is 0.358 e. The molecule has 1 aliphatic rings. The van der Waals surface area contributed by atoms with Crippen LogP contribution < -0.4 is 4.90 Å². The molecule has 148 valence electrons. The number of imidazole rings is 1. The Kier molecular flexibility index (Phi) is 4.84. The van der Waals surface area contributed by atoms with Gasteiger partial charge in [0.1, 0.15) is 17.8 Å². The largest absolute Gasteiger partial charge is 0.461 e. The molecule has 3 heterocycles. The molecule has 2 atom stereocenters. The van der Waals surface area contributed by atoms with E-state index in [2.05, 4.69) is 10.1 Å². The molecule has 0 aliphatic carbocycles. The van der Waals surface area contributed by atoms with Crippen LogP contribution in [-0.2, 0) is 4.74 Å². The number of nitrogens with zero attached hydrogens (tertiary/aromatic N) is 5. The van der Waals surface area contributed by atoms with E-state index in [-0.39, 0.29) is 30.8 Å². The van der Waals surface area contributed by atoms with Gasteiger partial charge < -0.3 is 9.64 Å². The Balaban J connectivity index is 1.75. The zero-order valence-corrected chi connectivity index (χ0v) is 15.5. The second-order valence-corrected chi connectivity index (χ2v) is 6.71. The van der Waals surface area contributed by atoms with Crippen molar-refractivity contribution in [2.75, 3.05) is 18.1 Å². The molecular formula is C20H17F2N5O2. The third-order valence-electron chi connectivity index (χ3n) is 4.81. The fourth-order valence-corrected chi connectivity index (χ4v) is 3.58. The van der Waals surface area contributed by atoms with Crippen LogP contribution in [0.2, 0.25) is 0 Å².